The Labute approximate surface area is 111 Å². The maximum absolute atomic E-state index is 5.91. The fourth-order valence-corrected chi connectivity index (χ4v) is 2.84. The van der Waals surface area contributed by atoms with Crippen molar-refractivity contribution in [1.29, 1.82) is 0 Å². The van der Waals surface area contributed by atoms with Crippen LogP contribution in [-0.4, -0.2) is 19.0 Å². The largest absolute Gasteiger partial charge is 0.493 e. The minimum absolute atomic E-state index is 0.372. The maximum Gasteiger partial charge on any atom is 0.119 e. The molecule has 1 aromatic rings. The molecule has 1 fully saturated rings. The van der Waals surface area contributed by atoms with Crippen LogP contribution in [0.25, 0.3) is 0 Å². The van der Waals surface area contributed by atoms with Gasteiger partial charge in [0.1, 0.15) is 5.75 Å². The number of ether oxygens (including phenoxy) is 2. The van der Waals surface area contributed by atoms with Crippen LogP contribution in [0, 0.1) is 5.41 Å². The van der Waals surface area contributed by atoms with E-state index in [4.69, 9.17) is 9.47 Å². The number of methoxy groups -OCH3 is 1. The summed E-state index contributed by atoms with van der Waals surface area (Å²) in [6.45, 7) is 1.45. The summed E-state index contributed by atoms with van der Waals surface area (Å²) in [6, 6.07) is 8.15. The molecular weight excluding hydrogens is 280 g/mol. The summed E-state index contributed by atoms with van der Waals surface area (Å²) in [5.41, 5.74) is 1.53. The molecule has 0 unspecified atom stereocenters. The van der Waals surface area contributed by atoms with Crippen LogP contribution < -0.4 is 4.74 Å². The average molecular weight is 299 g/mol. The molecule has 1 aliphatic carbocycles. The molecule has 1 aromatic carbocycles. The van der Waals surface area contributed by atoms with Crippen molar-refractivity contribution in [1.82, 2.24) is 0 Å². The summed E-state index contributed by atoms with van der Waals surface area (Å²) in [5, 5.41) is 1.04. The van der Waals surface area contributed by atoms with Crippen LogP contribution in [0.15, 0.2) is 24.3 Å². The zero-order chi connectivity index (χ0) is 12.1. The standard InChI is InChI=1S/C14H19BrO2/c1-16-9-12-4-2-5-13(8-12)17-11-14(10-15)6-3-7-14/h2,4-5,8H,3,6-7,9-11H2,1H3. The van der Waals surface area contributed by atoms with Gasteiger partial charge in [0.05, 0.1) is 13.2 Å². The van der Waals surface area contributed by atoms with Crippen molar-refractivity contribution in [3.05, 3.63) is 29.8 Å². The number of rotatable bonds is 6. The van der Waals surface area contributed by atoms with Crippen molar-refractivity contribution in [2.75, 3.05) is 19.0 Å². The van der Waals surface area contributed by atoms with Gasteiger partial charge in [0.25, 0.3) is 0 Å². The van der Waals surface area contributed by atoms with Crippen LogP contribution in [0.5, 0.6) is 5.75 Å². The second kappa shape index (κ2) is 5.87. The Balaban J connectivity index is 1.92. The zero-order valence-corrected chi connectivity index (χ0v) is 11.8. The second-order valence-corrected chi connectivity index (χ2v) is 5.42. The first-order chi connectivity index (χ1) is 8.28. The van der Waals surface area contributed by atoms with Crippen molar-refractivity contribution < 1.29 is 9.47 Å². The Hall–Kier alpha value is -0.540. The molecule has 0 saturated heterocycles. The van der Waals surface area contributed by atoms with Gasteiger partial charge in [0.2, 0.25) is 0 Å². The summed E-state index contributed by atoms with van der Waals surface area (Å²) in [7, 11) is 1.71. The lowest BCUT2D eigenvalue weighted by Crippen LogP contribution is -2.37. The quantitative estimate of drug-likeness (QED) is 0.744. The molecule has 0 N–H and O–H groups in total. The second-order valence-electron chi connectivity index (χ2n) is 4.86. The fraction of sp³-hybridized carbons (Fsp3) is 0.571. The highest BCUT2D eigenvalue weighted by atomic mass is 79.9. The molecule has 0 spiro atoms. The number of alkyl halides is 1. The van der Waals surface area contributed by atoms with Gasteiger partial charge in [-0.25, -0.2) is 0 Å². The minimum Gasteiger partial charge on any atom is -0.493 e. The van der Waals surface area contributed by atoms with E-state index in [1.807, 2.05) is 12.1 Å². The van der Waals surface area contributed by atoms with Gasteiger partial charge < -0.3 is 9.47 Å². The number of benzene rings is 1. The summed E-state index contributed by atoms with van der Waals surface area (Å²) >= 11 is 3.60. The highest BCUT2D eigenvalue weighted by Crippen LogP contribution is 2.42. The smallest absolute Gasteiger partial charge is 0.119 e. The molecule has 94 valence electrons. The number of hydrogen-bond acceptors (Lipinski definition) is 2. The first kappa shape index (κ1) is 12.9. The summed E-state index contributed by atoms with van der Waals surface area (Å²) in [5.74, 6) is 0.951. The van der Waals surface area contributed by atoms with E-state index in [1.54, 1.807) is 7.11 Å². The van der Waals surface area contributed by atoms with Crippen LogP contribution in [-0.2, 0) is 11.3 Å². The predicted octanol–water partition coefficient (Wildman–Crippen LogP) is 3.78. The molecule has 0 amide bonds. The summed E-state index contributed by atoms with van der Waals surface area (Å²) in [4.78, 5) is 0. The topological polar surface area (TPSA) is 18.5 Å². The lowest BCUT2D eigenvalue weighted by atomic mass is 9.71. The molecule has 0 bridgehead atoms. The van der Waals surface area contributed by atoms with Gasteiger partial charge in [-0.15, -0.1) is 0 Å². The number of hydrogen-bond donors (Lipinski definition) is 0. The minimum atomic E-state index is 0.372. The lowest BCUT2D eigenvalue weighted by molar-refractivity contribution is 0.0836. The third-order valence-corrected chi connectivity index (χ3v) is 4.64. The summed E-state index contributed by atoms with van der Waals surface area (Å²) < 4.78 is 11.0. The molecule has 0 radical (unpaired) electrons. The van der Waals surface area contributed by atoms with Gasteiger partial charge in [-0.2, -0.15) is 0 Å². The van der Waals surface area contributed by atoms with Gasteiger partial charge >= 0.3 is 0 Å². The van der Waals surface area contributed by atoms with Crippen LogP contribution >= 0.6 is 15.9 Å². The van der Waals surface area contributed by atoms with E-state index in [2.05, 4.69) is 28.1 Å². The molecule has 0 heterocycles. The first-order valence-electron chi connectivity index (χ1n) is 6.05. The van der Waals surface area contributed by atoms with Gasteiger partial charge in [-0.1, -0.05) is 34.5 Å². The van der Waals surface area contributed by atoms with Crippen LogP contribution in [0.3, 0.4) is 0 Å². The van der Waals surface area contributed by atoms with E-state index < -0.39 is 0 Å². The van der Waals surface area contributed by atoms with Gasteiger partial charge in [0.15, 0.2) is 0 Å². The summed E-state index contributed by atoms with van der Waals surface area (Å²) in [6.07, 6.45) is 3.88. The Morgan fingerprint density at radius 2 is 2.18 bits per heavy atom. The highest BCUT2D eigenvalue weighted by Gasteiger charge is 2.36. The Morgan fingerprint density at radius 3 is 2.76 bits per heavy atom. The van der Waals surface area contributed by atoms with Crippen molar-refractivity contribution in [2.24, 2.45) is 5.41 Å². The Bertz CT molecular complexity index is 355. The lowest BCUT2D eigenvalue weighted by Gasteiger charge is -2.39. The van der Waals surface area contributed by atoms with E-state index in [9.17, 15) is 0 Å². The molecule has 1 aliphatic rings. The SMILES string of the molecule is COCc1cccc(OCC2(CBr)CCC2)c1. The Kier molecular flexibility index (Phi) is 4.46. The molecule has 2 nitrogen and oxygen atoms in total. The molecule has 3 heteroatoms. The van der Waals surface area contributed by atoms with Crippen LogP contribution in [0.2, 0.25) is 0 Å². The molecule has 2 rings (SSSR count). The Morgan fingerprint density at radius 1 is 1.35 bits per heavy atom. The van der Waals surface area contributed by atoms with Crippen molar-refractivity contribution in [3.8, 4) is 5.75 Å². The van der Waals surface area contributed by atoms with Crippen molar-refractivity contribution >= 4 is 15.9 Å². The fourth-order valence-electron chi connectivity index (χ4n) is 2.12. The average Bonchev–Trinajstić information content (AvgIpc) is 2.29. The molecule has 0 aliphatic heterocycles. The molecule has 0 atom stereocenters. The molecule has 1 saturated carbocycles. The number of halogens is 1. The molecule has 0 aromatic heterocycles. The van der Waals surface area contributed by atoms with Crippen LogP contribution in [0.1, 0.15) is 24.8 Å². The van der Waals surface area contributed by atoms with Gasteiger partial charge in [-0.3, -0.25) is 0 Å². The molecular formula is C14H19BrO2. The predicted molar refractivity (Wildman–Crippen MR) is 72.7 cm³/mol. The van der Waals surface area contributed by atoms with E-state index in [-0.39, 0.29) is 0 Å². The normalized spacial score (nSPS) is 17.5. The van der Waals surface area contributed by atoms with Crippen LogP contribution in [0.4, 0.5) is 0 Å². The monoisotopic (exact) mass is 298 g/mol. The highest BCUT2D eigenvalue weighted by molar-refractivity contribution is 9.09. The third kappa shape index (κ3) is 3.23. The third-order valence-electron chi connectivity index (χ3n) is 3.45. The van der Waals surface area contributed by atoms with Crippen molar-refractivity contribution in [3.63, 3.8) is 0 Å². The van der Waals surface area contributed by atoms with E-state index in [0.29, 0.717) is 12.0 Å². The van der Waals surface area contributed by atoms with E-state index >= 15 is 0 Å². The van der Waals surface area contributed by atoms with Gasteiger partial charge in [-0.05, 0) is 30.5 Å². The van der Waals surface area contributed by atoms with E-state index in [0.717, 1.165) is 23.2 Å². The first-order valence-corrected chi connectivity index (χ1v) is 7.17. The zero-order valence-electron chi connectivity index (χ0n) is 10.2. The van der Waals surface area contributed by atoms with Gasteiger partial charge in [0, 0.05) is 17.9 Å². The molecule has 17 heavy (non-hydrogen) atoms. The maximum atomic E-state index is 5.91. The van der Waals surface area contributed by atoms with E-state index in [1.165, 1.54) is 19.3 Å². The van der Waals surface area contributed by atoms with Crippen molar-refractivity contribution in [2.45, 2.75) is 25.9 Å².